The average molecular weight is 240 g/mol. The second-order valence-electron chi connectivity index (χ2n) is 4.62. The highest BCUT2D eigenvalue weighted by molar-refractivity contribution is 5.78. The minimum Gasteiger partial charge on any atom is -0.465 e. The third-order valence-electron chi connectivity index (χ3n) is 3.45. The van der Waals surface area contributed by atoms with Gasteiger partial charge >= 0.3 is 5.97 Å². The Hall–Kier alpha value is -1.10. The molecule has 1 atom stereocenters. The normalized spacial score (nSPS) is 25.6. The predicted octanol–water partition coefficient (Wildman–Crippen LogP) is 0.594. The topological polar surface area (TPSA) is 49.9 Å². The van der Waals surface area contributed by atoms with E-state index in [1.54, 1.807) is 0 Å². The van der Waals surface area contributed by atoms with Crippen LogP contribution in [0.5, 0.6) is 0 Å². The Bertz CT molecular complexity index is 306. The number of amides is 1. The van der Waals surface area contributed by atoms with Crippen LogP contribution in [-0.2, 0) is 14.3 Å². The Labute approximate surface area is 102 Å². The number of hydrogen-bond acceptors (Lipinski definition) is 4. The summed E-state index contributed by atoms with van der Waals surface area (Å²) in [5.41, 5.74) is 0. The molecule has 1 unspecified atom stereocenters. The summed E-state index contributed by atoms with van der Waals surface area (Å²) in [7, 11) is 0. The number of hydrogen-bond donors (Lipinski definition) is 0. The molecule has 2 rings (SSSR count). The van der Waals surface area contributed by atoms with Gasteiger partial charge in [0.15, 0.2) is 0 Å². The van der Waals surface area contributed by atoms with E-state index in [4.69, 9.17) is 4.74 Å². The Balaban J connectivity index is 1.90. The van der Waals surface area contributed by atoms with Crippen molar-refractivity contribution in [2.24, 2.45) is 0 Å². The lowest BCUT2D eigenvalue weighted by Gasteiger charge is -2.27. The standard InChI is InChI=1S/C12H20N2O3/c1-2-17-12(16)10-5-3-7-13(10)9-14-8-4-6-11(14)15/h10H,2-9H2,1H3. The highest BCUT2D eigenvalue weighted by atomic mass is 16.5. The Morgan fingerprint density at radius 2 is 2.24 bits per heavy atom. The van der Waals surface area contributed by atoms with Crippen LogP contribution in [0.15, 0.2) is 0 Å². The summed E-state index contributed by atoms with van der Waals surface area (Å²) in [6.45, 7) is 4.54. The lowest BCUT2D eigenvalue weighted by Crippen LogP contribution is -2.44. The zero-order valence-electron chi connectivity index (χ0n) is 10.4. The third kappa shape index (κ3) is 2.77. The minimum atomic E-state index is -0.150. The summed E-state index contributed by atoms with van der Waals surface area (Å²) in [5, 5.41) is 0. The number of ether oxygens (including phenoxy) is 1. The van der Waals surface area contributed by atoms with Gasteiger partial charge in [-0.15, -0.1) is 0 Å². The van der Waals surface area contributed by atoms with Gasteiger partial charge in [-0.25, -0.2) is 0 Å². The van der Waals surface area contributed by atoms with Crippen LogP contribution in [0.4, 0.5) is 0 Å². The summed E-state index contributed by atoms with van der Waals surface area (Å²) in [6.07, 6.45) is 3.45. The van der Waals surface area contributed by atoms with Crippen molar-refractivity contribution in [1.82, 2.24) is 9.80 Å². The second kappa shape index (κ2) is 5.49. The van der Waals surface area contributed by atoms with Crippen LogP contribution in [0, 0.1) is 0 Å². The molecule has 0 aliphatic carbocycles. The zero-order valence-corrected chi connectivity index (χ0v) is 10.4. The van der Waals surface area contributed by atoms with Crippen molar-refractivity contribution in [2.45, 2.75) is 38.6 Å². The van der Waals surface area contributed by atoms with Gasteiger partial charge in [-0.3, -0.25) is 14.5 Å². The Morgan fingerprint density at radius 1 is 1.41 bits per heavy atom. The molecular weight excluding hydrogens is 220 g/mol. The van der Waals surface area contributed by atoms with Crippen LogP contribution in [0.1, 0.15) is 32.6 Å². The number of carbonyl (C=O) groups is 2. The minimum absolute atomic E-state index is 0.142. The number of rotatable bonds is 4. The highest BCUT2D eigenvalue weighted by Gasteiger charge is 2.34. The molecule has 2 heterocycles. The maximum Gasteiger partial charge on any atom is 0.323 e. The van der Waals surface area contributed by atoms with Gasteiger partial charge < -0.3 is 9.64 Å². The average Bonchev–Trinajstić information content (AvgIpc) is 2.90. The fourth-order valence-corrected chi connectivity index (χ4v) is 2.57. The van der Waals surface area contributed by atoms with E-state index in [1.807, 2.05) is 11.8 Å². The van der Waals surface area contributed by atoms with Crippen molar-refractivity contribution in [2.75, 3.05) is 26.4 Å². The molecule has 17 heavy (non-hydrogen) atoms. The van der Waals surface area contributed by atoms with E-state index in [0.29, 0.717) is 19.7 Å². The van der Waals surface area contributed by atoms with Gasteiger partial charge in [-0.2, -0.15) is 0 Å². The molecule has 5 nitrogen and oxygen atoms in total. The number of nitrogens with zero attached hydrogens (tertiary/aromatic N) is 2. The van der Waals surface area contributed by atoms with Crippen molar-refractivity contribution in [3.05, 3.63) is 0 Å². The smallest absolute Gasteiger partial charge is 0.323 e. The SMILES string of the molecule is CCOC(=O)C1CCCN1CN1CCCC1=O. The van der Waals surface area contributed by atoms with Gasteiger partial charge in [0.1, 0.15) is 6.04 Å². The van der Waals surface area contributed by atoms with Gasteiger partial charge in [0.2, 0.25) is 5.91 Å². The molecule has 96 valence electrons. The summed E-state index contributed by atoms with van der Waals surface area (Å²) >= 11 is 0. The van der Waals surface area contributed by atoms with Crippen LogP contribution < -0.4 is 0 Å². The molecule has 0 bridgehead atoms. The molecular formula is C12H20N2O3. The fourth-order valence-electron chi connectivity index (χ4n) is 2.57. The Morgan fingerprint density at radius 3 is 2.88 bits per heavy atom. The van der Waals surface area contributed by atoms with Crippen molar-refractivity contribution in [3.63, 3.8) is 0 Å². The first-order chi connectivity index (χ1) is 8.22. The van der Waals surface area contributed by atoms with Crippen LogP contribution in [0.2, 0.25) is 0 Å². The molecule has 0 aromatic heterocycles. The molecule has 0 radical (unpaired) electrons. The molecule has 5 heteroatoms. The maximum absolute atomic E-state index is 11.7. The third-order valence-corrected chi connectivity index (χ3v) is 3.45. The maximum atomic E-state index is 11.7. The Kier molecular flexibility index (Phi) is 3.99. The van der Waals surface area contributed by atoms with Crippen LogP contribution in [0.3, 0.4) is 0 Å². The fraction of sp³-hybridized carbons (Fsp3) is 0.833. The van der Waals surface area contributed by atoms with Gasteiger partial charge in [-0.05, 0) is 26.2 Å². The highest BCUT2D eigenvalue weighted by Crippen LogP contribution is 2.20. The molecule has 2 saturated heterocycles. The first-order valence-corrected chi connectivity index (χ1v) is 6.41. The van der Waals surface area contributed by atoms with Crippen LogP contribution in [0.25, 0.3) is 0 Å². The molecule has 0 saturated carbocycles. The van der Waals surface area contributed by atoms with E-state index in [2.05, 4.69) is 4.90 Å². The van der Waals surface area contributed by atoms with E-state index in [9.17, 15) is 9.59 Å². The lowest BCUT2D eigenvalue weighted by molar-refractivity contribution is -0.150. The monoisotopic (exact) mass is 240 g/mol. The summed E-state index contributed by atoms with van der Waals surface area (Å²) < 4.78 is 5.06. The molecule has 1 amide bonds. The quantitative estimate of drug-likeness (QED) is 0.675. The largest absolute Gasteiger partial charge is 0.465 e. The molecule has 2 aliphatic rings. The molecule has 0 aromatic rings. The van der Waals surface area contributed by atoms with E-state index < -0.39 is 0 Å². The van der Waals surface area contributed by atoms with E-state index >= 15 is 0 Å². The summed E-state index contributed by atoms with van der Waals surface area (Å²) in [5.74, 6) is 0.0659. The summed E-state index contributed by atoms with van der Waals surface area (Å²) in [6, 6.07) is -0.150. The van der Waals surface area contributed by atoms with Crippen LogP contribution >= 0.6 is 0 Å². The second-order valence-corrected chi connectivity index (χ2v) is 4.62. The molecule has 0 spiro atoms. The number of esters is 1. The van der Waals surface area contributed by atoms with Crippen molar-refractivity contribution >= 4 is 11.9 Å². The van der Waals surface area contributed by atoms with E-state index in [0.717, 1.165) is 32.4 Å². The van der Waals surface area contributed by atoms with Gasteiger partial charge in [0.05, 0.1) is 13.3 Å². The van der Waals surface area contributed by atoms with E-state index in [1.165, 1.54) is 0 Å². The van der Waals surface area contributed by atoms with E-state index in [-0.39, 0.29) is 17.9 Å². The lowest BCUT2D eigenvalue weighted by atomic mass is 10.2. The number of likely N-dealkylation sites (tertiary alicyclic amines) is 2. The number of carbonyl (C=O) groups excluding carboxylic acids is 2. The molecule has 0 N–H and O–H groups in total. The first-order valence-electron chi connectivity index (χ1n) is 6.41. The first kappa shape index (κ1) is 12.4. The van der Waals surface area contributed by atoms with Gasteiger partial charge in [0.25, 0.3) is 0 Å². The zero-order chi connectivity index (χ0) is 12.3. The molecule has 0 aromatic carbocycles. The van der Waals surface area contributed by atoms with Gasteiger partial charge in [0, 0.05) is 19.5 Å². The molecule has 2 fully saturated rings. The predicted molar refractivity (Wildman–Crippen MR) is 62.2 cm³/mol. The van der Waals surface area contributed by atoms with Crippen molar-refractivity contribution in [1.29, 1.82) is 0 Å². The molecule has 2 aliphatic heterocycles. The van der Waals surface area contributed by atoms with Gasteiger partial charge in [-0.1, -0.05) is 0 Å². The summed E-state index contributed by atoms with van der Waals surface area (Å²) in [4.78, 5) is 27.2. The van der Waals surface area contributed by atoms with Crippen molar-refractivity contribution in [3.8, 4) is 0 Å². The van der Waals surface area contributed by atoms with Crippen molar-refractivity contribution < 1.29 is 14.3 Å². The van der Waals surface area contributed by atoms with Crippen LogP contribution in [-0.4, -0.2) is 54.1 Å².